The van der Waals surface area contributed by atoms with Crippen molar-refractivity contribution in [2.24, 2.45) is 5.41 Å². The monoisotopic (exact) mass is 421 g/mol. The lowest BCUT2D eigenvalue weighted by molar-refractivity contribution is 0.415. The molecular formula is C29H27NO2. The number of allylic oxidation sites excluding steroid dienone is 5. The van der Waals surface area contributed by atoms with E-state index >= 15 is 0 Å². The van der Waals surface area contributed by atoms with Crippen molar-refractivity contribution in [3.8, 4) is 11.5 Å². The van der Waals surface area contributed by atoms with E-state index in [2.05, 4.69) is 84.7 Å². The van der Waals surface area contributed by atoms with Gasteiger partial charge in [-0.15, -0.1) is 0 Å². The molecule has 3 aromatic carbocycles. The van der Waals surface area contributed by atoms with Gasteiger partial charge in [0.15, 0.2) is 0 Å². The lowest BCUT2D eigenvalue weighted by Crippen LogP contribution is -2.31. The van der Waals surface area contributed by atoms with Crippen molar-refractivity contribution in [3.05, 3.63) is 114 Å². The van der Waals surface area contributed by atoms with Crippen LogP contribution in [0.5, 0.6) is 11.5 Å². The molecule has 0 aliphatic heterocycles. The number of benzene rings is 3. The minimum absolute atomic E-state index is 0.0599. The second kappa shape index (κ2) is 8.08. The van der Waals surface area contributed by atoms with E-state index in [0.29, 0.717) is 0 Å². The van der Waals surface area contributed by atoms with Crippen molar-refractivity contribution in [2.75, 3.05) is 19.1 Å². The highest BCUT2D eigenvalue weighted by molar-refractivity contribution is 5.93. The topological polar surface area (TPSA) is 21.7 Å². The Labute approximate surface area is 189 Å². The molecule has 0 N–H and O–H groups in total. The first-order chi connectivity index (χ1) is 15.6. The number of methoxy groups -OCH3 is 2. The van der Waals surface area contributed by atoms with Crippen molar-refractivity contribution in [2.45, 2.75) is 13.3 Å². The summed E-state index contributed by atoms with van der Waals surface area (Å²) in [5, 5.41) is 0. The second-order valence-electron chi connectivity index (χ2n) is 8.46. The summed E-state index contributed by atoms with van der Waals surface area (Å²) in [6, 6.07) is 25.3. The van der Waals surface area contributed by atoms with Crippen LogP contribution in [0.4, 0.5) is 11.4 Å². The molecule has 0 heterocycles. The fourth-order valence-electron chi connectivity index (χ4n) is 4.76. The van der Waals surface area contributed by atoms with Crippen LogP contribution in [-0.4, -0.2) is 14.2 Å². The Balaban J connectivity index is 1.78. The smallest absolute Gasteiger partial charge is 0.119 e. The molecule has 0 amide bonds. The third-order valence-corrected chi connectivity index (χ3v) is 6.42. The third kappa shape index (κ3) is 3.40. The van der Waals surface area contributed by atoms with Crippen LogP contribution in [0, 0.1) is 5.41 Å². The van der Waals surface area contributed by atoms with Crippen molar-refractivity contribution in [3.63, 3.8) is 0 Å². The van der Waals surface area contributed by atoms with Gasteiger partial charge < -0.3 is 14.4 Å². The molecule has 0 fully saturated rings. The van der Waals surface area contributed by atoms with E-state index in [1.165, 1.54) is 22.4 Å². The standard InChI is InChI=1S/C29H27NO2/c1-29-19-7-6-10-27(29)28(26-9-5-4-8-21(26)20-29)30(22-11-15-24(31-2)16-12-22)23-13-17-25(32-3)18-14-23/h4-19H,20H2,1-3H3. The summed E-state index contributed by atoms with van der Waals surface area (Å²) in [4.78, 5) is 2.36. The van der Waals surface area contributed by atoms with Crippen molar-refractivity contribution in [1.82, 2.24) is 0 Å². The van der Waals surface area contributed by atoms with Gasteiger partial charge in [0.1, 0.15) is 11.5 Å². The second-order valence-corrected chi connectivity index (χ2v) is 8.46. The normalized spacial score (nSPS) is 18.7. The molecule has 160 valence electrons. The minimum Gasteiger partial charge on any atom is -0.497 e. The lowest BCUT2D eigenvalue weighted by atomic mass is 9.68. The Morgan fingerprint density at radius 2 is 1.34 bits per heavy atom. The van der Waals surface area contributed by atoms with Gasteiger partial charge in [-0.05, 0) is 66.1 Å². The Hall–Kier alpha value is -3.72. The van der Waals surface area contributed by atoms with Gasteiger partial charge in [-0.3, -0.25) is 0 Å². The van der Waals surface area contributed by atoms with Crippen LogP contribution >= 0.6 is 0 Å². The van der Waals surface area contributed by atoms with Gasteiger partial charge in [-0.1, -0.05) is 55.5 Å². The van der Waals surface area contributed by atoms with Gasteiger partial charge in [0.25, 0.3) is 0 Å². The molecule has 3 heteroatoms. The van der Waals surface area contributed by atoms with E-state index in [4.69, 9.17) is 9.47 Å². The predicted molar refractivity (Wildman–Crippen MR) is 132 cm³/mol. The Kier molecular flexibility index (Phi) is 5.10. The largest absolute Gasteiger partial charge is 0.497 e. The van der Waals surface area contributed by atoms with E-state index in [0.717, 1.165) is 29.3 Å². The van der Waals surface area contributed by atoms with Gasteiger partial charge in [0.05, 0.1) is 19.9 Å². The molecule has 32 heavy (non-hydrogen) atoms. The van der Waals surface area contributed by atoms with E-state index in [1.54, 1.807) is 14.2 Å². The molecular weight excluding hydrogens is 394 g/mol. The average molecular weight is 422 g/mol. The fraction of sp³-hybridized carbons (Fsp3) is 0.172. The first-order valence-corrected chi connectivity index (χ1v) is 10.9. The van der Waals surface area contributed by atoms with Crippen molar-refractivity contribution < 1.29 is 9.47 Å². The first-order valence-electron chi connectivity index (χ1n) is 10.9. The molecule has 2 aliphatic rings. The molecule has 1 unspecified atom stereocenters. The average Bonchev–Trinajstić information content (AvgIpc) is 2.84. The predicted octanol–water partition coefficient (Wildman–Crippen LogP) is 6.94. The summed E-state index contributed by atoms with van der Waals surface area (Å²) in [5.74, 6) is 1.69. The van der Waals surface area contributed by atoms with Crippen LogP contribution in [0.2, 0.25) is 0 Å². The van der Waals surface area contributed by atoms with Crippen molar-refractivity contribution in [1.29, 1.82) is 0 Å². The van der Waals surface area contributed by atoms with Gasteiger partial charge in [0.2, 0.25) is 0 Å². The number of nitrogens with zero attached hydrogens (tertiary/aromatic N) is 1. The third-order valence-electron chi connectivity index (χ3n) is 6.42. The van der Waals surface area contributed by atoms with E-state index in [-0.39, 0.29) is 5.41 Å². The molecule has 3 nitrogen and oxygen atoms in total. The maximum atomic E-state index is 5.42. The number of hydrogen-bond acceptors (Lipinski definition) is 3. The van der Waals surface area contributed by atoms with Crippen LogP contribution in [0.1, 0.15) is 18.1 Å². The molecule has 0 saturated carbocycles. The Morgan fingerprint density at radius 1 is 0.750 bits per heavy atom. The number of fused-ring (bicyclic) bond motifs is 2. The van der Waals surface area contributed by atoms with E-state index in [1.807, 2.05) is 24.3 Å². The van der Waals surface area contributed by atoms with Gasteiger partial charge in [-0.25, -0.2) is 0 Å². The van der Waals surface area contributed by atoms with Crippen molar-refractivity contribution >= 4 is 17.1 Å². The zero-order chi connectivity index (χ0) is 22.1. The molecule has 2 aliphatic carbocycles. The number of rotatable bonds is 5. The number of hydrogen-bond donors (Lipinski definition) is 0. The fourth-order valence-corrected chi connectivity index (χ4v) is 4.76. The van der Waals surface area contributed by atoms with E-state index in [9.17, 15) is 0 Å². The summed E-state index contributed by atoms with van der Waals surface area (Å²) in [7, 11) is 3.39. The van der Waals surface area contributed by atoms with E-state index < -0.39 is 0 Å². The summed E-state index contributed by atoms with van der Waals surface area (Å²) in [6.45, 7) is 2.33. The summed E-state index contributed by atoms with van der Waals surface area (Å²) < 4.78 is 10.8. The van der Waals surface area contributed by atoms with Crippen LogP contribution in [-0.2, 0) is 6.42 Å². The molecule has 0 saturated heterocycles. The highest BCUT2D eigenvalue weighted by Crippen LogP contribution is 2.50. The number of ether oxygens (including phenoxy) is 2. The van der Waals surface area contributed by atoms with Crippen LogP contribution < -0.4 is 14.4 Å². The Morgan fingerprint density at radius 3 is 1.94 bits per heavy atom. The zero-order valence-corrected chi connectivity index (χ0v) is 18.7. The molecule has 0 bridgehead atoms. The first kappa shape index (κ1) is 20.2. The highest BCUT2D eigenvalue weighted by atomic mass is 16.5. The lowest BCUT2D eigenvalue weighted by Gasteiger charge is -2.41. The molecule has 0 aromatic heterocycles. The summed E-state index contributed by atoms with van der Waals surface area (Å²) >= 11 is 0. The van der Waals surface area contributed by atoms with Gasteiger partial charge in [-0.2, -0.15) is 0 Å². The highest BCUT2D eigenvalue weighted by Gasteiger charge is 2.37. The molecule has 0 radical (unpaired) electrons. The molecule has 5 rings (SSSR count). The molecule has 1 atom stereocenters. The van der Waals surface area contributed by atoms with Crippen LogP contribution in [0.15, 0.2) is 103 Å². The number of anilines is 2. The molecule has 3 aromatic rings. The van der Waals surface area contributed by atoms with Gasteiger partial charge in [0, 0.05) is 22.4 Å². The van der Waals surface area contributed by atoms with Gasteiger partial charge >= 0.3 is 0 Å². The zero-order valence-electron chi connectivity index (χ0n) is 18.7. The van der Waals surface area contributed by atoms with Crippen LogP contribution in [0.25, 0.3) is 5.70 Å². The Bertz CT molecular complexity index is 1170. The minimum atomic E-state index is -0.0599. The maximum absolute atomic E-state index is 5.42. The van der Waals surface area contributed by atoms with Crippen LogP contribution in [0.3, 0.4) is 0 Å². The maximum Gasteiger partial charge on any atom is 0.119 e. The summed E-state index contributed by atoms with van der Waals surface area (Å²) in [5.41, 5.74) is 7.28. The molecule has 0 spiro atoms. The summed E-state index contributed by atoms with van der Waals surface area (Å²) in [6.07, 6.45) is 9.90. The quantitative estimate of drug-likeness (QED) is 0.445. The SMILES string of the molecule is COc1ccc(N(C2=C3C=CC=CC3(C)Cc3ccccc32)c2ccc(OC)cc2)cc1.